The Hall–Kier alpha value is -2.99. The maximum atomic E-state index is 12.9. The van der Waals surface area contributed by atoms with Crippen molar-refractivity contribution in [2.24, 2.45) is 0 Å². The second-order valence-electron chi connectivity index (χ2n) is 5.01. The summed E-state index contributed by atoms with van der Waals surface area (Å²) >= 11 is 5.86. The van der Waals surface area contributed by atoms with Gasteiger partial charge in [-0.25, -0.2) is 9.18 Å². The molecule has 0 aliphatic heterocycles. The Morgan fingerprint density at radius 1 is 1.24 bits per heavy atom. The molecular formula is C18H12ClFN2O3. The van der Waals surface area contributed by atoms with E-state index in [0.717, 1.165) is 5.56 Å². The molecule has 0 saturated carbocycles. The highest BCUT2D eigenvalue weighted by Gasteiger charge is 2.10. The largest absolute Gasteiger partial charge is 0.452 e. The highest BCUT2D eigenvalue weighted by atomic mass is 35.5. The maximum absolute atomic E-state index is 12.9. The number of halogens is 2. The Bertz CT molecular complexity index is 907. The number of hydrogen-bond acceptors (Lipinski definition) is 5. The number of esters is 1. The molecule has 0 fully saturated rings. The van der Waals surface area contributed by atoms with Crippen molar-refractivity contribution in [2.45, 2.75) is 6.61 Å². The zero-order chi connectivity index (χ0) is 17.6. The molecule has 126 valence electrons. The Labute approximate surface area is 147 Å². The summed E-state index contributed by atoms with van der Waals surface area (Å²) in [5, 5.41) is 4.34. The molecule has 0 unspecified atom stereocenters. The molecule has 2 aromatic carbocycles. The lowest BCUT2D eigenvalue weighted by Gasteiger charge is -1.97. The minimum atomic E-state index is -0.554. The van der Waals surface area contributed by atoms with Crippen LogP contribution in [0.5, 0.6) is 0 Å². The maximum Gasteiger partial charge on any atom is 0.331 e. The molecule has 3 rings (SSSR count). The minimum absolute atomic E-state index is 0.142. The molecule has 0 bridgehead atoms. The minimum Gasteiger partial charge on any atom is -0.452 e. The lowest BCUT2D eigenvalue weighted by atomic mass is 10.2. The zero-order valence-corrected chi connectivity index (χ0v) is 13.6. The fourth-order valence-corrected chi connectivity index (χ4v) is 2.18. The highest BCUT2D eigenvalue weighted by molar-refractivity contribution is 6.30. The number of carbonyl (C=O) groups is 1. The van der Waals surface area contributed by atoms with Gasteiger partial charge in [0.05, 0.1) is 0 Å². The van der Waals surface area contributed by atoms with Gasteiger partial charge in [0, 0.05) is 16.7 Å². The van der Waals surface area contributed by atoms with Gasteiger partial charge in [-0.15, -0.1) is 0 Å². The number of rotatable bonds is 5. The molecule has 7 heteroatoms. The van der Waals surface area contributed by atoms with Crippen LogP contribution in [-0.4, -0.2) is 16.1 Å². The van der Waals surface area contributed by atoms with Crippen LogP contribution in [0.3, 0.4) is 0 Å². The van der Waals surface area contributed by atoms with Gasteiger partial charge in [-0.2, -0.15) is 4.98 Å². The quantitative estimate of drug-likeness (QED) is 0.503. The summed E-state index contributed by atoms with van der Waals surface area (Å²) < 4.78 is 22.9. The normalized spacial score (nSPS) is 11.0. The van der Waals surface area contributed by atoms with Crippen LogP contribution < -0.4 is 0 Å². The van der Waals surface area contributed by atoms with E-state index in [1.165, 1.54) is 30.3 Å². The fraction of sp³-hybridized carbons (Fsp3) is 0.0556. The van der Waals surface area contributed by atoms with Crippen molar-refractivity contribution in [1.82, 2.24) is 10.1 Å². The molecule has 0 aliphatic carbocycles. The van der Waals surface area contributed by atoms with Gasteiger partial charge in [-0.3, -0.25) is 0 Å². The Morgan fingerprint density at radius 3 is 2.80 bits per heavy atom. The number of ether oxygens (including phenoxy) is 1. The first kappa shape index (κ1) is 16.9. The van der Waals surface area contributed by atoms with E-state index in [-0.39, 0.29) is 18.3 Å². The van der Waals surface area contributed by atoms with Crippen molar-refractivity contribution in [1.29, 1.82) is 0 Å². The van der Waals surface area contributed by atoms with Crippen LogP contribution in [0.25, 0.3) is 17.5 Å². The molecule has 0 spiro atoms. The number of benzene rings is 2. The van der Waals surface area contributed by atoms with Crippen LogP contribution in [0.15, 0.2) is 59.1 Å². The first-order valence-corrected chi connectivity index (χ1v) is 7.67. The first-order chi connectivity index (χ1) is 12.1. The third kappa shape index (κ3) is 4.74. The summed E-state index contributed by atoms with van der Waals surface area (Å²) in [6.07, 6.45) is 2.87. The molecule has 0 aliphatic rings. The van der Waals surface area contributed by atoms with Crippen molar-refractivity contribution >= 4 is 23.6 Å². The van der Waals surface area contributed by atoms with Crippen molar-refractivity contribution in [3.63, 3.8) is 0 Å². The van der Waals surface area contributed by atoms with E-state index in [4.69, 9.17) is 20.9 Å². The summed E-state index contributed by atoms with van der Waals surface area (Å²) in [5.74, 6) is -0.473. The van der Waals surface area contributed by atoms with Gasteiger partial charge in [0.2, 0.25) is 5.82 Å². The number of aromatic nitrogens is 2. The predicted molar refractivity (Wildman–Crippen MR) is 90.0 cm³/mol. The van der Waals surface area contributed by atoms with Gasteiger partial charge < -0.3 is 9.26 Å². The molecule has 1 heterocycles. The van der Waals surface area contributed by atoms with Crippen LogP contribution >= 0.6 is 11.6 Å². The smallest absolute Gasteiger partial charge is 0.331 e. The molecule has 0 amide bonds. The van der Waals surface area contributed by atoms with E-state index in [1.807, 2.05) is 6.07 Å². The fourth-order valence-electron chi connectivity index (χ4n) is 1.99. The molecular weight excluding hydrogens is 347 g/mol. The Morgan fingerprint density at radius 2 is 2.04 bits per heavy atom. The second kappa shape index (κ2) is 7.72. The van der Waals surface area contributed by atoms with E-state index in [9.17, 15) is 9.18 Å². The number of hydrogen-bond donors (Lipinski definition) is 0. The highest BCUT2D eigenvalue weighted by Crippen LogP contribution is 2.16. The van der Waals surface area contributed by atoms with Gasteiger partial charge in [-0.05, 0) is 48.0 Å². The molecule has 0 radical (unpaired) electrons. The number of nitrogens with zero attached hydrogens (tertiary/aromatic N) is 2. The van der Waals surface area contributed by atoms with Gasteiger partial charge in [-0.1, -0.05) is 28.9 Å². The van der Waals surface area contributed by atoms with E-state index >= 15 is 0 Å². The molecule has 25 heavy (non-hydrogen) atoms. The first-order valence-electron chi connectivity index (χ1n) is 7.29. The van der Waals surface area contributed by atoms with E-state index < -0.39 is 5.97 Å². The van der Waals surface area contributed by atoms with Gasteiger partial charge in [0.1, 0.15) is 5.82 Å². The van der Waals surface area contributed by atoms with Crippen LogP contribution in [0.2, 0.25) is 5.02 Å². The lowest BCUT2D eigenvalue weighted by molar-refractivity contribution is -0.139. The van der Waals surface area contributed by atoms with Gasteiger partial charge in [0.25, 0.3) is 5.89 Å². The summed E-state index contributed by atoms with van der Waals surface area (Å²) in [5.41, 5.74) is 1.38. The number of carbonyl (C=O) groups excluding carboxylic acids is 1. The second-order valence-corrected chi connectivity index (χ2v) is 5.45. The summed E-state index contributed by atoms with van der Waals surface area (Å²) in [6, 6.07) is 12.7. The SMILES string of the molecule is O=C(/C=C/c1cccc(Cl)c1)OCc1nc(-c2ccc(F)cc2)no1. The van der Waals surface area contributed by atoms with Crippen molar-refractivity contribution in [3.8, 4) is 11.4 Å². The van der Waals surface area contributed by atoms with Crippen molar-refractivity contribution < 1.29 is 18.4 Å². The standard InChI is InChI=1S/C18H12ClFN2O3/c19-14-3-1-2-12(10-14)4-9-17(23)24-11-16-21-18(22-25-16)13-5-7-15(20)8-6-13/h1-10H,11H2/b9-4+. The van der Waals surface area contributed by atoms with Crippen molar-refractivity contribution in [3.05, 3.63) is 76.9 Å². The Kier molecular flexibility index (Phi) is 5.20. The molecule has 0 saturated heterocycles. The van der Waals surface area contributed by atoms with E-state index in [0.29, 0.717) is 16.4 Å². The monoisotopic (exact) mass is 358 g/mol. The molecule has 5 nitrogen and oxygen atoms in total. The molecule has 0 atom stereocenters. The average molecular weight is 359 g/mol. The van der Waals surface area contributed by atoms with Crippen LogP contribution in [-0.2, 0) is 16.1 Å². The lowest BCUT2D eigenvalue weighted by Crippen LogP contribution is -2.00. The van der Waals surface area contributed by atoms with E-state index in [2.05, 4.69) is 10.1 Å². The van der Waals surface area contributed by atoms with Crippen LogP contribution in [0, 0.1) is 5.82 Å². The third-order valence-electron chi connectivity index (χ3n) is 3.17. The van der Waals surface area contributed by atoms with Crippen molar-refractivity contribution in [2.75, 3.05) is 0 Å². The van der Waals surface area contributed by atoms with Crippen LogP contribution in [0.1, 0.15) is 11.5 Å². The summed E-state index contributed by atoms with van der Waals surface area (Å²) in [7, 11) is 0. The summed E-state index contributed by atoms with van der Waals surface area (Å²) in [6.45, 7) is -0.160. The van der Waals surface area contributed by atoms with E-state index in [1.54, 1.807) is 24.3 Å². The zero-order valence-electron chi connectivity index (χ0n) is 12.9. The average Bonchev–Trinajstić information content (AvgIpc) is 3.08. The Balaban J connectivity index is 1.56. The molecule has 0 N–H and O–H groups in total. The molecule has 1 aromatic heterocycles. The van der Waals surface area contributed by atoms with Gasteiger partial charge in [0.15, 0.2) is 6.61 Å². The topological polar surface area (TPSA) is 65.2 Å². The third-order valence-corrected chi connectivity index (χ3v) is 3.40. The van der Waals surface area contributed by atoms with Crippen LogP contribution in [0.4, 0.5) is 4.39 Å². The summed E-state index contributed by atoms with van der Waals surface area (Å²) in [4.78, 5) is 15.8. The van der Waals surface area contributed by atoms with Gasteiger partial charge >= 0.3 is 5.97 Å². The molecule has 3 aromatic rings. The predicted octanol–water partition coefficient (Wildman–Crippen LogP) is 4.29.